The Kier molecular flexibility index (Phi) is 5.55. The lowest BCUT2D eigenvalue weighted by Crippen LogP contribution is -2.38. The van der Waals surface area contributed by atoms with Crippen molar-refractivity contribution < 1.29 is 9.90 Å². The van der Waals surface area contributed by atoms with E-state index < -0.39 is 11.9 Å². The number of benzene rings is 1. The van der Waals surface area contributed by atoms with E-state index in [1.54, 1.807) is 6.92 Å². The number of hydrogen-bond acceptors (Lipinski definition) is 2. The van der Waals surface area contributed by atoms with Crippen LogP contribution in [0.5, 0.6) is 0 Å². The zero-order valence-corrected chi connectivity index (χ0v) is 12.4. The molecule has 0 saturated carbocycles. The fourth-order valence-corrected chi connectivity index (χ4v) is 2.12. The molecule has 0 aliphatic carbocycles. The molecule has 1 atom stereocenters. The van der Waals surface area contributed by atoms with Gasteiger partial charge < -0.3 is 10.4 Å². The number of carbonyl (C=O) groups is 1. The summed E-state index contributed by atoms with van der Waals surface area (Å²) in [5.74, 6) is -1.23. The summed E-state index contributed by atoms with van der Waals surface area (Å²) >= 11 is 0. The maximum atomic E-state index is 10.9. The molecular weight excluding hydrogens is 238 g/mol. The lowest BCUT2D eigenvalue weighted by atomic mass is 9.97. The summed E-state index contributed by atoms with van der Waals surface area (Å²) in [4.78, 5) is 10.9. The second-order valence-corrected chi connectivity index (χ2v) is 5.79. The fourth-order valence-electron chi connectivity index (χ4n) is 2.12. The van der Waals surface area contributed by atoms with Crippen LogP contribution in [0.1, 0.15) is 57.6 Å². The Morgan fingerprint density at radius 1 is 1.32 bits per heavy atom. The van der Waals surface area contributed by atoms with Gasteiger partial charge in [0.25, 0.3) is 0 Å². The minimum absolute atomic E-state index is 0.141. The highest BCUT2D eigenvalue weighted by molar-refractivity contribution is 5.75. The van der Waals surface area contributed by atoms with Crippen molar-refractivity contribution in [3.05, 3.63) is 35.4 Å². The van der Waals surface area contributed by atoms with Gasteiger partial charge in [-0.1, -0.05) is 37.6 Å². The van der Waals surface area contributed by atoms with Crippen molar-refractivity contribution in [3.63, 3.8) is 0 Å². The Bertz CT molecular complexity index is 409. The van der Waals surface area contributed by atoms with Crippen molar-refractivity contribution in [3.8, 4) is 0 Å². The predicted octanol–water partition coefficient (Wildman–Crippen LogP) is 3.54. The van der Waals surface area contributed by atoms with Crippen molar-refractivity contribution in [1.82, 2.24) is 5.32 Å². The van der Waals surface area contributed by atoms with Crippen molar-refractivity contribution in [1.29, 1.82) is 0 Å². The number of hydrogen-bond donors (Lipinski definition) is 2. The van der Waals surface area contributed by atoms with E-state index in [-0.39, 0.29) is 5.54 Å². The van der Waals surface area contributed by atoms with Gasteiger partial charge in [-0.3, -0.25) is 4.79 Å². The van der Waals surface area contributed by atoms with Crippen LogP contribution in [-0.4, -0.2) is 16.6 Å². The summed E-state index contributed by atoms with van der Waals surface area (Å²) in [6.45, 7) is 9.12. The molecule has 1 aromatic carbocycles. The first kappa shape index (κ1) is 15.7. The zero-order valence-electron chi connectivity index (χ0n) is 12.4. The molecule has 1 aromatic rings. The smallest absolute Gasteiger partial charge is 0.310 e. The molecule has 1 unspecified atom stereocenters. The van der Waals surface area contributed by atoms with Gasteiger partial charge in [-0.2, -0.15) is 0 Å². The molecule has 0 saturated heterocycles. The molecule has 0 aromatic heterocycles. The lowest BCUT2D eigenvalue weighted by molar-refractivity contribution is -0.138. The molecule has 0 radical (unpaired) electrons. The lowest BCUT2D eigenvalue weighted by Gasteiger charge is -2.26. The van der Waals surface area contributed by atoms with E-state index in [0.717, 1.165) is 24.9 Å². The van der Waals surface area contributed by atoms with Gasteiger partial charge in [0.1, 0.15) is 0 Å². The summed E-state index contributed by atoms with van der Waals surface area (Å²) in [6.07, 6.45) is 2.30. The Hall–Kier alpha value is -1.35. The first-order valence-electron chi connectivity index (χ1n) is 6.92. The van der Waals surface area contributed by atoms with Gasteiger partial charge in [0, 0.05) is 12.1 Å². The van der Waals surface area contributed by atoms with Crippen LogP contribution in [0.3, 0.4) is 0 Å². The molecule has 0 heterocycles. The molecule has 0 aliphatic rings. The fraction of sp³-hybridized carbons (Fsp3) is 0.562. The van der Waals surface area contributed by atoms with Gasteiger partial charge in [-0.05, 0) is 38.3 Å². The summed E-state index contributed by atoms with van der Waals surface area (Å²) in [6, 6.07) is 7.82. The van der Waals surface area contributed by atoms with E-state index in [1.807, 2.05) is 24.3 Å². The molecule has 0 spiro atoms. The van der Waals surface area contributed by atoms with Crippen LogP contribution in [0.2, 0.25) is 0 Å². The topological polar surface area (TPSA) is 49.3 Å². The zero-order chi connectivity index (χ0) is 14.5. The molecule has 1 rings (SSSR count). The van der Waals surface area contributed by atoms with E-state index in [4.69, 9.17) is 5.11 Å². The van der Waals surface area contributed by atoms with E-state index in [2.05, 4.69) is 26.1 Å². The second-order valence-electron chi connectivity index (χ2n) is 5.79. The number of aliphatic carboxylic acids is 1. The van der Waals surface area contributed by atoms with Crippen LogP contribution in [0.25, 0.3) is 0 Å². The molecule has 106 valence electrons. The number of nitrogens with one attached hydrogen (secondary N) is 1. The summed E-state index contributed by atoms with van der Waals surface area (Å²) in [7, 11) is 0. The molecular formula is C16H25NO2. The number of rotatable bonds is 7. The van der Waals surface area contributed by atoms with Crippen LogP contribution < -0.4 is 5.32 Å². The molecule has 0 fully saturated rings. The minimum atomic E-state index is -0.782. The average Bonchev–Trinajstić information content (AvgIpc) is 2.36. The standard InChI is InChI=1S/C16H25NO2/c1-5-10-16(3,4)17-11-13-6-8-14(9-7-13)12(2)15(18)19/h6-9,12,17H,5,10-11H2,1-4H3,(H,18,19). The highest BCUT2D eigenvalue weighted by atomic mass is 16.4. The molecule has 0 amide bonds. The van der Waals surface area contributed by atoms with Gasteiger partial charge in [0.2, 0.25) is 0 Å². The second kappa shape index (κ2) is 6.71. The molecule has 2 N–H and O–H groups in total. The van der Waals surface area contributed by atoms with Crippen molar-refractivity contribution in [2.45, 2.75) is 58.5 Å². The summed E-state index contributed by atoms with van der Waals surface area (Å²) < 4.78 is 0. The van der Waals surface area contributed by atoms with Gasteiger partial charge in [-0.25, -0.2) is 0 Å². The van der Waals surface area contributed by atoms with E-state index in [9.17, 15) is 4.79 Å². The molecule has 0 bridgehead atoms. The minimum Gasteiger partial charge on any atom is -0.481 e. The largest absolute Gasteiger partial charge is 0.481 e. The van der Waals surface area contributed by atoms with E-state index in [1.165, 1.54) is 5.56 Å². The predicted molar refractivity (Wildman–Crippen MR) is 78.3 cm³/mol. The number of carboxylic acids is 1. The van der Waals surface area contributed by atoms with E-state index >= 15 is 0 Å². The van der Waals surface area contributed by atoms with Crippen LogP contribution in [-0.2, 0) is 11.3 Å². The van der Waals surface area contributed by atoms with Gasteiger partial charge in [0.05, 0.1) is 5.92 Å². The van der Waals surface area contributed by atoms with Gasteiger partial charge in [-0.15, -0.1) is 0 Å². The Morgan fingerprint density at radius 3 is 2.37 bits per heavy atom. The average molecular weight is 263 g/mol. The molecule has 0 aliphatic heterocycles. The summed E-state index contributed by atoms with van der Waals surface area (Å²) in [5, 5.41) is 12.5. The first-order chi connectivity index (χ1) is 8.85. The first-order valence-corrected chi connectivity index (χ1v) is 6.92. The maximum absolute atomic E-state index is 10.9. The SMILES string of the molecule is CCCC(C)(C)NCc1ccc(C(C)C(=O)O)cc1. The van der Waals surface area contributed by atoms with Gasteiger partial charge >= 0.3 is 5.97 Å². The molecule has 19 heavy (non-hydrogen) atoms. The number of carboxylic acid groups (broad SMARTS) is 1. The van der Waals surface area contributed by atoms with Crippen molar-refractivity contribution in [2.75, 3.05) is 0 Å². The third-order valence-electron chi connectivity index (χ3n) is 3.50. The van der Waals surface area contributed by atoms with Crippen LogP contribution >= 0.6 is 0 Å². The molecule has 3 heteroatoms. The maximum Gasteiger partial charge on any atom is 0.310 e. The third kappa shape index (κ3) is 5.03. The quantitative estimate of drug-likeness (QED) is 0.791. The monoisotopic (exact) mass is 263 g/mol. The highest BCUT2D eigenvalue weighted by Crippen LogP contribution is 2.17. The van der Waals surface area contributed by atoms with Crippen LogP contribution in [0.4, 0.5) is 0 Å². The van der Waals surface area contributed by atoms with Crippen LogP contribution in [0.15, 0.2) is 24.3 Å². The summed E-state index contributed by atoms with van der Waals surface area (Å²) in [5.41, 5.74) is 2.18. The van der Waals surface area contributed by atoms with Crippen molar-refractivity contribution >= 4 is 5.97 Å². The third-order valence-corrected chi connectivity index (χ3v) is 3.50. The Labute approximate surface area is 116 Å². The van der Waals surface area contributed by atoms with Gasteiger partial charge in [0.15, 0.2) is 0 Å². The van der Waals surface area contributed by atoms with Crippen molar-refractivity contribution in [2.24, 2.45) is 0 Å². The highest BCUT2D eigenvalue weighted by Gasteiger charge is 2.16. The Morgan fingerprint density at radius 2 is 1.89 bits per heavy atom. The normalized spacial score (nSPS) is 13.3. The van der Waals surface area contributed by atoms with E-state index in [0.29, 0.717) is 0 Å². The molecule has 3 nitrogen and oxygen atoms in total. The Balaban J connectivity index is 2.60. The van der Waals surface area contributed by atoms with Crippen LogP contribution in [0, 0.1) is 0 Å².